The van der Waals surface area contributed by atoms with E-state index in [1.54, 1.807) is 13.8 Å². The van der Waals surface area contributed by atoms with Gasteiger partial charge in [-0.2, -0.15) is 13.2 Å². The van der Waals surface area contributed by atoms with E-state index in [-0.39, 0.29) is 12.0 Å². The van der Waals surface area contributed by atoms with E-state index < -0.39 is 27.9 Å². The molecule has 0 atom stereocenters. The molecule has 4 nitrogen and oxygen atoms in total. The van der Waals surface area contributed by atoms with Crippen molar-refractivity contribution in [3.05, 3.63) is 39.4 Å². The summed E-state index contributed by atoms with van der Waals surface area (Å²) in [4.78, 5) is 9.76. The zero-order valence-corrected chi connectivity index (χ0v) is 9.91. The number of alkyl halides is 3. The molecule has 0 heterocycles. The zero-order chi connectivity index (χ0) is 14.1. The summed E-state index contributed by atoms with van der Waals surface area (Å²) in [5.74, 6) is 0. The Hall–Kier alpha value is -1.63. The Kier molecular flexibility index (Phi) is 3.66. The van der Waals surface area contributed by atoms with E-state index in [2.05, 4.69) is 0 Å². The van der Waals surface area contributed by atoms with Crippen LogP contribution in [0.2, 0.25) is 0 Å². The topological polar surface area (TPSA) is 69.2 Å². The monoisotopic (exact) mass is 262 g/mol. The highest BCUT2D eigenvalue weighted by molar-refractivity contribution is 5.41. The van der Waals surface area contributed by atoms with Gasteiger partial charge in [-0.15, -0.1) is 0 Å². The number of benzene rings is 1. The van der Waals surface area contributed by atoms with Crippen LogP contribution in [0.5, 0.6) is 0 Å². The summed E-state index contributed by atoms with van der Waals surface area (Å²) in [6, 6.07) is 2.53. The maximum atomic E-state index is 12.6. The maximum absolute atomic E-state index is 12.6. The number of rotatable bonds is 3. The van der Waals surface area contributed by atoms with E-state index in [1.165, 1.54) is 0 Å². The predicted molar refractivity (Wildman–Crippen MR) is 60.1 cm³/mol. The normalized spacial score (nSPS) is 12.6. The molecule has 0 saturated heterocycles. The molecule has 0 bridgehead atoms. The van der Waals surface area contributed by atoms with E-state index in [1.807, 2.05) is 0 Å². The molecule has 0 fully saturated rings. The summed E-state index contributed by atoms with van der Waals surface area (Å²) in [6.45, 7) is 3.28. The van der Waals surface area contributed by atoms with Crippen molar-refractivity contribution in [3.8, 4) is 0 Å². The number of nitro groups is 1. The van der Waals surface area contributed by atoms with Gasteiger partial charge in [-0.1, -0.05) is 0 Å². The second kappa shape index (κ2) is 4.56. The molecule has 18 heavy (non-hydrogen) atoms. The summed E-state index contributed by atoms with van der Waals surface area (Å²) < 4.78 is 37.8. The highest BCUT2D eigenvalue weighted by Gasteiger charge is 2.33. The van der Waals surface area contributed by atoms with Crippen LogP contribution in [0.3, 0.4) is 0 Å². The lowest BCUT2D eigenvalue weighted by Gasteiger charge is -2.19. The number of nitro benzene ring substituents is 1. The molecule has 0 saturated carbocycles. The van der Waals surface area contributed by atoms with Gasteiger partial charge in [0.25, 0.3) is 5.69 Å². The molecule has 0 aliphatic carbocycles. The lowest BCUT2D eigenvalue weighted by molar-refractivity contribution is -0.385. The Bertz CT molecular complexity index is 464. The first-order valence-electron chi connectivity index (χ1n) is 5.13. The van der Waals surface area contributed by atoms with Crippen molar-refractivity contribution in [1.29, 1.82) is 0 Å². The van der Waals surface area contributed by atoms with Gasteiger partial charge >= 0.3 is 6.18 Å². The summed E-state index contributed by atoms with van der Waals surface area (Å²) in [7, 11) is 0. The van der Waals surface area contributed by atoms with E-state index in [0.29, 0.717) is 6.07 Å². The van der Waals surface area contributed by atoms with Crippen LogP contribution in [0.1, 0.15) is 25.0 Å². The molecule has 0 aliphatic heterocycles. The highest BCUT2D eigenvalue weighted by atomic mass is 19.4. The largest absolute Gasteiger partial charge is 0.416 e. The molecule has 0 radical (unpaired) electrons. The van der Waals surface area contributed by atoms with Gasteiger partial charge < -0.3 is 5.73 Å². The first-order chi connectivity index (χ1) is 7.99. The minimum absolute atomic E-state index is 0.123. The van der Waals surface area contributed by atoms with Gasteiger partial charge in [0, 0.05) is 17.7 Å². The number of hydrogen-bond donors (Lipinski definition) is 1. The molecule has 1 aromatic carbocycles. The van der Waals surface area contributed by atoms with Gasteiger partial charge in [-0.3, -0.25) is 10.1 Å². The van der Waals surface area contributed by atoms with Crippen molar-refractivity contribution >= 4 is 5.69 Å². The first-order valence-corrected chi connectivity index (χ1v) is 5.13. The Morgan fingerprint density at radius 1 is 1.28 bits per heavy atom. The third-order valence-corrected chi connectivity index (χ3v) is 2.18. The molecule has 1 aromatic rings. The predicted octanol–water partition coefficient (Wildman–Crippen LogP) is 2.89. The van der Waals surface area contributed by atoms with Crippen molar-refractivity contribution in [2.75, 3.05) is 0 Å². The fourth-order valence-corrected chi connectivity index (χ4v) is 1.57. The van der Waals surface area contributed by atoms with Crippen LogP contribution >= 0.6 is 0 Å². The van der Waals surface area contributed by atoms with Gasteiger partial charge in [-0.25, -0.2) is 0 Å². The Balaban J connectivity index is 3.27. The Morgan fingerprint density at radius 2 is 1.83 bits per heavy atom. The van der Waals surface area contributed by atoms with E-state index in [0.717, 1.165) is 12.1 Å². The lowest BCUT2D eigenvalue weighted by atomic mass is 9.94. The molecular formula is C11H13F3N2O2. The second-order valence-corrected chi connectivity index (χ2v) is 4.81. The lowest BCUT2D eigenvalue weighted by Crippen LogP contribution is -2.34. The maximum Gasteiger partial charge on any atom is 0.416 e. The molecular weight excluding hydrogens is 249 g/mol. The van der Waals surface area contributed by atoms with Crippen molar-refractivity contribution < 1.29 is 18.1 Å². The van der Waals surface area contributed by atoms with Crippen molar-refractivity contribution in [2.24, 2.45) is 5.73 Å². The molecule has 100 valence electrons. The molecule has 7 heteroatoms. The van der Waals surface area contributed by atoms with Crippen LogP contribution in [0.4, 0.5) is 18.9 Å². The number of hydrogen-bond acceptors (Lipinski definition) is 3. The van der Waals surface area contributed by atoms with E-state index in [9.17, 15) is 23.3 Å². The average molecular weight is 262 g/mol. The number of nitrogens with zero attached hydrogens (tertiary/aromatic N) is 1. The standard InChI is InChI=1S/C11H13F3N2O2/c1-10(2,15)6-7-3-8(11(12,13)14)5-9(4-7)16(17)18/h3-5H,6,15H2,1-2H3. The SMILES string of the molecule is CC(C)(N)Cc1cc([N+](=O)[O-])cc(C(F)(F)F)c1. The first kappa shape index (κ1) is 14.4. The van der Waals surface area contributed by atoms with Gasteiger partial charge in [0.05, 0.1) is 10.5 Å². The summed E-state index contributed by atoms with van der Waals surface area (Å²) in [6.07, 6.45) is -4.49. The quantitative estimate of drug-likeness (QED) is 0.672. The zero-order valence-electron chi connectivity index (χ0n) is 9.91. The summed E-state index contributed by atoms with van der Waals surface area (Å²) >= 11 is 0. The Morgan fingerprint density at radius 3 is 2.22 bits per heavy atom. The third kappa shape index (κ3) is 3.99. The fraction of sp³-hybridized carbons (Fsp3) is 0.455. The molecule has 0 spiro atoms. The van der Waals surface area contributed by atoms with Crippen LogP contribution in [-0.2, 0) is 12.6 Å². The van der Waals surface area contributed by atoms with Crippen LogP contribution < -0.4 is 5.73 Å². The van der Waals surface area contributed by atoms with Gasteiger partial charge in [-0.05, 0) is 31.9 Å². The molecule has 0 aliphatic rings. The van der Waals surface area contributed by atoms with Crippen molar-refractivity contribution in [3.63, 3.8) is 0 Å². The molecule has 1 rings (SSSR count). The third-order valence-electron chi connectivity index (χ3n) is 2.18. The molecule has 2 N–H and O–H groups in total. The minimum atomic E-state index is -4.61. The van der Waals surface area contributed by atoms with E-state index in [4.69, 9.17) is 5.73 Å². The second-order valence-electron chi connectivity index (χ2n) is 4.81. The molecule has 0 amide bonds. The molecule has 0 aromatic heterocycles. The average Bonchev–Trinajstić information content (AvgIpc) is 2.12. The molecule has 0 unspecified atom stereocenters. The number of halogens is 3. The van der Waals surface area contributed by atoms with Gasteiger partial charge in [0.15, 0.2) is 0 Å². The van der Waals surface area contributed by atoms with E-state index >= 15 is 0 Å². The number of non-ortho nitro benzene ring substituents is 1. The number of nitrogens with two attached hydrogens (primary N) is 1. The van der Waals surface area contributed by atoms with Gasteiger partial charge in [0.2, 0.25) is 0 Å². The Labute approximate surface area is 102 Å². The van der Waals surface area contributed by atoms with Crippen LogP contribution in [0, 0.1) is 10.1 Å². The van der Waals surface area contributed by atoms with Crippen LogP contribution in [-0.4, -0.2) is 10.5 Å². The smallest absolute Gasteiger partial charge is 0.325 e. The van der Waals surface area contributed by atoms with Gasteiger partial charge in [0.1, 0.15) is 0 Å². The van der Waals surface area contributed by atoms with Crippen LogP contribution in [0.25, 0.3) is 0 Å². The summed E-state index contributed by atoms with van der Waals surface area (Å²) in [5, 5.41) is 10.6. The van der Waals surface area contributed by atoms with Crippen molar-refractivity contribution in [1.82, 2.24) is 0 Å². The fourth-order valence-electron chi connectivity index (χ4n) is 1.57. The highest BCUT2D eigenvalue weighted by Crippen LogP contribution is 2.33. The van der Waals surface area contributed by atoms with Crippen molar-refractivity contribution in [2.45, 2.75) is 32.0 Å². The summed E-state index contributed by atoms with van der Waals surface area (Å²) in [5.41, 5.74) is 3.55. The van der Waals surface area contributed by atoms with Crippen LogP contribution in [0.15, 0.2) is 18.2 Å². The minimum Gasteiger partial charge on any atom is -0.325 e.